The second kappa shape index (κ2) is 9.77. The van der Waals surface area contributed by atoms with E-state index < -0.39 is 17.2 Å². The van der Waals surface area contributed by atoms with E-state index in [0.29, 0.717) is 30.3 Å². The number of unbranched alkanes of at least 4 members (excludes halogenated alkanes) is 1. The molecule has 0 fully saturated rings. The molecule has 0 saturated heterocycles. The summed E-state index contributed by atoms with van der Waals surface area (Å²) in [5.41, 5.74) is 5.65. The number of hydrogen-bond donors (Lipinski definition) is 4. The van der Waals surface area contributed by atoms with E-state index in [4.69, 9.17) is 5.73 Å². The van der Waals surface area contributed by atoms with Crippen molar-refractivity contribution in [3.05, 3.63) is 50.7 Å². The van der Waals surface area contributed by atoms with Crippen molar-refractivity contribution in [3.8, 4) is 0 Å². The largest absolute Gasteiger partial charge is 0.399 e. The number of aromatic amines is 1. The molecule has 0 saturated carbocycles. The third-order valence-corrected chi connectivity index (χ3v) is 4.34. The van der Waals surface area contributed by atoms with Gasteiger partial charge >= 0.3 is 5.69 Å². The lowest BCUT2D eigenvalue weighted by molar-refractivity contribution is 0.102. The summed E-state index contributed by atoms with van der Waals surface area (Å²) in [6.07, 6.45) is 2.44. The van der Waals surface area contributed by atoms with E-state index in [1.807, 2.05) is 6.92 Å². The molecule has 2 rings (SSSR count). The third kappa shape index (κ3) is 5.48. The first-order chi connectivity index (χ1) is 13.3. The molecular formula is C20H29N5O3. The molecule has 1 amide bonds. The second-order valence-corrected chi connectivity index (χ2v) is 7.18. The molecule has 0 aliphatic carbocycles. The van der Waals surface area contributed by atoms with E-state index in [2.05, 4.69) is 29.5 Å². The molecule has 0 atom stereocenters. The van der Waals surface area contributed by atoms with Crippen LogP contribution in [0.5, 0.6) is 0 Å². The third-order valence-electron chi connectivity index (χ3n) is 4.34. The average Bonchev–Trinajstić information content (AvgIpc) is 2.63. The smallest absolute Gasteiger partial charge is 0.330 e. The Hall–Kier alpha value is -3.03. The Morgan fingerprint density at radius 2 is 2.04 bits per heavy atom. The number of rotatable bonds is 9. The van der Waals surface area contributed by atoms with Crippen LogP contribution in [-0.4, -0.2) is 22.0 Å². The first-order valence-corrected chi connectivity index (χ1v) is 9.61. The first-order valence-electron chi connectivity index (χ1n) is 9.61. The van der Waals surface area contributed by atoms with Crippen LogP contribution in [0.25, 0.3) is 0 Å². The average molecular weight is 387 g/mol. The van der Waals surface area contributed by atoms with Crippen LogP contribution in [0.15, 0.2) is 33.9 Å². The molecule has 1 aromatic carbocycles. The van der Waals surface area contributed by atoms with Crippen molar-refractivity contribution >= 4 is 23.1 Å². The summed E-state index contributed by atoms with van der Waals surface area (Å²) >= 11 is 0. The van der Waals surface area contributed by atoms with E-state index >= 15 is 0 Å². The Balaban J connectivity index is 2.45. The van der Waals surface area contributed by atoms with E-state index in [9.17, 15) is 14.4 Å². The van der Waals surface area contributed by atoms with Gasteiger partial charge in [0.05, 0.1) is 0 Å². The maximum Gasteiger partial charge on any atom is 0.330 e. The van der Waals surface area contributed by atoms with Crippen LogP contribution in [0.1, 0.15) is 50.4 Å². The highest BCUT2D eigenvalue weighted by molar-refractivity contribution is 6.05. The number of nitrogen functional groups attached to an aromatic ring is 1. The molecule has 1 heterocycles. The van der Waals surface area contributed by atoms with Gasteiger partial charge in [0.1, 0.15) is 11.5 Å². The predicted molar refractivity (Wildman–Crippen MR) is 113 cm³/mol. The van der Waals surface area contributed by atoms with Gasteiger partial charge in [0.2, 0.25) is 0 Å². The topological polar surface area (TPSA) is 122 Å². The molecule has 1 aromatic heterocycles. The van der Waals surface area contributed by atoms with Crippen LogP contribution in [0.3, 0.4) is 0 Å². The van der Waals surface area contributed by atoms with Crippen molar-refractivity contribution in [2.24, 2.45) is 5.92 Å². The van der Waals surface area contributed by atoms with E-state index in [0.717, 1.165) is 19.3 Å². The minimum Gasteiger partial charge on any atom is -0.399 e. The zero-order valence-electron chi connectivity index (χ0n) is 16.7. The molecule has 2 aromatic rings. The van der Waals surface area contributed by atoms with Gasteiger partial charge in [0.15, 0.2) is 0 Å². The molecular weight excluding hydrogens is 358 g/mol. The number of nitrogens with two attached hydrogens (primary N) is 1. The van der Waals surface area contributed by atoms with Crippen LogP contribution < -0.4 is 27.6 Å². The Bertz CT molecular complexity index is 930. The summed E-state index contributed by atoms with van der Waals surface area (Å²) in [4.78, 5) is 39.9. The number of nitrogens with one attached hydrogen (secondary N) is 3. The second-order valence-electron chi connectivity index (χ2n) is 7.18. The van der Waals surface area contributed by atoms with Gasteiger partial charge in [-0.05, 0) is 37.0 Å². The lowest BCUT2D eigenvalue weighted by Gasteiger charge is -2.18. The van der Waals surface area contributed by atoms with Gasteiger partial charge < -0.3 is 16.4 Å². The Labute approximate surface area is 164 Å². The van der Waals surface area contributed by atoms with Crippen molar-refractivity contribution < 1.29 is 4.79 Å². The molecule has 0 spiro atoms. The monoisotopic (exact) mass is 387 g/mol. The van der Waals surface area contributed by atoms with Gasteiger partial charge in [0, 0.05) is 24.3 Å². The summed E-state index contributed by atoms with van der Waals surface area (Å²) in [5, 5.41) is 5.82. The molecule has 28 heavy (non-hydrogen) atoms. The quantitative estimate of drug-likeness (QED) is 0.493. The van der Waals surface area contributed by atoms with Gasteiger partial charge in [0.25, 0.3) is 11.5 Å². The highest BCUT2D eigenvalue weighted by Crippen LogP contribution is 2.18. The molecule has 0 bridgehead atoms. The van der Waals surface area contributed by atoms with Gasteiger partial charge in [-0.2, -0.15) is 0 Å². The van der Waals surface area contributed by atoms with Crippen molar-refractivity contribution in [2.75, 3.05) is 22.9 Å². The maximum absolute atomic E-state index is 12.7. The fraction of sp³-hybridized carbons (Fsp3) is 0.450. The van der Waals surface area contributed by atoms with Crippen LogP contribution in [0.2, 0.25) is 0 Å². The highest BCUT2D eigenvalue weighted by atomic mass is 16.2. The number of amides is 1. The summed E-state index contributed by atoms with van der Waals surface area (Å²) in [5.74, 6) is 0.191. The molecule has 8 nitrogen and oxygen atoms in total. The van der Waals surface area contributed by atoms with Crippen LogP contribution in [0, 0.1) is 5.92 Å². The van der Waals surface area contributed by atoms with Crippen molar-refractivity contribution in [3.63, 3.8) is 0 Å². The summed E-state index contributed by atoms with van der Waals surface area (Å²) in [7, 11) is 0. The number of hydrogen-bond acceptors (Lipinski definition) is 5. The predicted octanol–water partition coefficient (Wildman–Crippen LogP) is 2.63. The van der Waals surface area contributed by atoms with Gasteiger partial charge in [-0.1, -0.05) is 33.3 Å². The summed E-state index contributed by atoms with van der Waals surface area (Å²) in [6.45, 7) is 7.10. The maximum atomic E-state index is 12.7. The number of H-pyrrole nitrogens is 1. The van der Waals surface area contributed by atoms with E-state index in [1.165, 1.54) is 4.57 Å². The molecule has 5 N–H and O–H groups in total. The molecule has 0 unspecified atom stereocenters. The fourth-order valence-corrected chi connectivity index (χ4v) is 2.74. The van der Waals surface area contributed by atoms with Gasteiger partial charge in [-0.3, -0.25) is 19.1 Å². The number of benzene rings is 1. The van der Waals surface area contributed by atoms with E-state index in [1.54, 1.807) is 24.3 Å². The number of carbonyl (C=O) groups is 1. The highest BCUT2D eigenvalue weighted by Gasteiger charge is 2.18. The number of anilines is 3. The summed E-state index contributed by atoms with van der Waals surface area (Å²) < 4.78 is 1.40. The van der Waals surface area contributed by atoms with Crippen LogP contribution >= 0.6 is 0 Å². The van der Waals surface area contributed by atoms with Crippen molar-refractivity contribution in [1.82, 2.24) is 9.55 Å². The van der Waals surface area contributed by atoms with E-state index in [-0.39, 0.29) is 11.5 Å². The van der Waals surface area contributed by atoms with Gasteiger partial charge in [-0.15, -0.1) is 0 Å². The van der Waals surface area contributed by atoms with Crippen molar-refractivity contribution in [1.29, 1.82) is 0 Å². The Kier molecular flexibility index (Phi) is 7.43. The normalized spacial score (nSPS) is 10.9. The fourth-order valence-electron chi connectivity index (χ4n) is 2.74. The first kappa shape index (κ1) is 21.3. The van der Waals surface area contributed by atoms with Crippen LogP contribution in [-0.2, 0) is 6.54 Å². The minimum atomic E-state index is -0.551. The molecule has 152 valence electrons. The summed E-state index contributed by atoms with van der Waals surface area (Å²) in [6, 6.07) is 6.52. The molecule has 8 heteroatoms. The number of nitrogens with zero attached hydrogens (tertiary/aromatic N) is 1. The number of aromatic nitrogens is 2. The van der Waals surface area contributed by atoms with Crippen LogP contribution in [0.4, 0.5) is 17.2 Å². The molecule has 0 aliphatic rings. The van der Waals surface area contributed by atoms with Crippen molar-refractivity contribution in [2.45, 2.75) is 46.6 Å². The SMILES string of the molecule is CCCCn1c(NC(=O)c2cccc(N)c2)c(NCCC(C)C)c(=O)[nH]c1=O. The van der Waals surface area contributed by atoms with Gasteiger partial charge in [-0.25, -0.2) is 4.79 Å². The lowest BCUT2D eigenvalue weighted by atomic mass is 10.1. The zero-order valence-corrected chi connectivity index (χ0v) is 16.7. The molecule has 0 aliphatic heterocycles. The Morgan fingerprint density at radius 3 is 2.68 bits per heavy atom. The Morgan fingerprint density at radius 1 is 1.29 bits per heavy atom. The zero-order chi connectivity index (χ0) is 20.7. The standard InChI is InChI=1S/C20H29N5O3/c1-4-5-11-25-17(23-18(26)14-7-6-8-15(21)12-14)16(19(27)24-20(25)28)22-10-9-13(2)3/h6-8,12-13,22H,4-5,9-11,21H2,1-3H3,(H,23,26)(H,24,27,28). The minimum absolute atomic E-state index is 0.179. The number of carbonyl (C=O) groups excluding carboxylic acids is 1. The lowest BCUT2D eigenvalue weighted by Crippen LogP contribution is -2.35. The molecule has 0 radical (unpaired) electrons.